The van der Waals surface area contributed by atoms with Crippen molar-refractivity contribution >= 4 is 22.4 Å². The zero-order valence-electron chi connectivity index (χ0n) is 7.33. The molecule has 70 valence electrons. The van der Waals surface area contributed by atoms with E-state index in [0.29, 0.717) is 0 Å². The fourth-order valence-corrected chi connectivity index (χ4v) is 1.33. The Balaban J connectivity index is 0.000000128. The van der Waals surface area contributed by atoms with Gasteiger partial charge in [-0.15, -0.1) is 11.3 Å². The first-order chi connectivity index (χ1) is 6.97. The lowest BCUT2D eigenvalue weighted by atomic mass is 10.4. The molecule has 0 radical (unpaired) electrons. The van der Waals surface area contributed by atoms with Gasteiger partial charge in [0.15, 0.2) is 5.58 Å². The Morgan fingerprint density at radius 3 is 2.86 bits per heavy atom. The average Bonchev–Trinajstić information content (AvgIpc) is 2.92. The number of hydrogen-bond donors (Lipinski definition) is 0. The van der Waals surface area contributed by atoms with E-state index in [1.165, 1.54) is 0 Å². The largest absolute Gasteiger partial charge is 0.463 e. The first-order valence-electron chi connectivity index (χ1n) is 4.07. The summed E-state index contributed by atoms with van der Waals surface area (Å²) < 4.78 is 5.06. The van der Waals surface area contributed by atoms with Gasteiger partial charge >= 0.3 is 0 Å². The summed E-state index contributed by atoms with van der Waals surface area (Å²) >= 11 is 1.60. The van der Waals surface area contributed by atoms with Crippen LogP contribution >= 0.6 is 11.3 Å². The van der Waals surface area contributed by atoms with Crippen LogP contribution in [0.1, 0.15) is 0 Å². The summed E-state index contributed by atoms with van der Waals surface area (Å²) in [6.45, 7) is 0. The highest BCUT2D eigenvalue weighted by Gasteiger charge is 1.91. The number of aromatic nitrogens is 2. The van der Waals surface area contributed by atoms with Gasteiger partial charge in [-0.05, 0) is 12.1 Å². The topological polar surface area (TPSA) is 38.9 Å². The van der Waals surface area contributed by atoms with E-state index in [0.717, 1.165) is 11.1 Å². The first-order valence-corrected chi connectivity index (χ1v) is 5.01. The third-order valence-electron chi connectivity index (χ3n) is 1.57. The van der Waals surface area contributed by atoms with Gasteiger partial charge in [0.1, 0.15) is 5.52 Å². The third-order valence-corrected chi connectivity index (χ3v) is 2.09. The second-order valence-corrected chi connectivity index (χ2v) is 3.24. The summed E-state index contributed by atoms with van der Waals surface area (Å²) in [4.78, 5) is 7.79. The molecule has 3 nitrogen and oxygen atoms in total. The van der Waals surface area contributed by atoms with E-state index >= 15 is 0 Å². The predicted molar refractivity (Wildman–Crippen MR) is 56.1 cm³/mol. The summed E-state index contributed by atoms with van der Waals surface area (Å²) in [5.41, 5.74) is 3.55. The maximum atomic E-state index is 5.06. The van der Waals surface area contributed by atoms with Crippen LogP contribution in [0.25, 0.3) is 11.1 Å². The second kappa shape index (κ2) is 4.53. The molecule has 0 atom stereocenters. The van der Waals surface area contributed by atoms with Gasteiger partial charge in [0.05, 0.1) is 11.8 Å². The van der Waals surface area contributed by atoms with Crippen LogP contribution in [0.5, 0.6) is 0 Å². The van der Waals surface area contributed by atoms with Crippen molar-refractivity contribution < 1.29 is 4.42 Å². The van der Waals surface area contributed by atoms with Crippen molar-refractivity contribution in [2.75, 3.05) is 0 Å². The molecular weight excluding hydrogens is 196 g/mol. The number of hydrogen-bond acceptors (Lipinski definition) is 4. The van der Waals surface area contributed by atoms with Crippen molar-refractivity contribution in [3.8, 4) is 0 Å². The molecular formula is C10H8N2OS. The lowest BCUT2D eigenvalue weighted by Crippen LogP contribution is -1.66. The molecule has 0 spiro atoms. The van der Waals surface area contributed by atoms with E-state index in [1.54, 1.807) is 35.5 Å². The maximum Gasteiger partial charge on any atom is 0.152 e. The fraction of sp³-hybridized carbons (Fsp3) is 0. The Bertz CT molecular complexity index is 428. The standard InChI is InChI=1S/C7H5NO.C3H3NS/c1-2-7-6(8-4-1)3-5-9-7;1-2-5-3-4-1/h1-5H;1-3H. The Labute approximate surface area is 85.0 Å². The quantitative estimate of drug-likeness (QED) is 0.565. The molecule has 0 aliphatic rings. The predicted octanol–water partition coefficient (Wildman–Crippen LogP) is 2.97. The SMILES string of the molecule is c1cnc2ccoc2c1.c1cscn1. The molecule has 0 N–H and O–H groups in total. The minimum Gasteiger partial charge on any atom is -0.463 e. The molecule has 3 aromatic heterocycles. The van der Waals surface area contributed by atoms with Crippen molar-refractivity contribution in [2.45, 2.75) is 0 Å². The van der Waals surface area contributed by atoms with Crippen LogP contribution < -0.4 is 0 Å². The molecule has 0 aliphatic carbocycles. The zero-order valence-corrected chi connectivity index (χ0v) is 8.15. The van der Waals surface area contributed by atoms with E-state index < -0.39 is 0 Å². The van der Waals surface area contributed by atoms with Gasteiger partial charge in [0, 0.05) is 23.8 Å². The molecule has 0 amide bonds. The molecule has 0 aromatic carbocycles. The summed E-state index contributed by atoms with van der Waals surface area (Å²) in [6.07, 6.45) is 5.15. The monoisotopic (exact) mass is 204 g/mol. The number of fused-ring (bicyclic) bond motifs is 1. The van der Waals surface area contributed by atoms with Crippen LogP contribution in [-0.4, -0.2) is 9.97 Å². The molecule has 3 heterocycles. The summed E-state index contributed by atoms with van der Waals surface area (Å²) in [6, 6.07) is 5.59. The van der Waals surface area contributed by atoms with Gasteiger partial charge in [-0.1, -0.05) is 0 Å². The smallest absolute Gasteiger partial charge is 0.152 e. The van der Waals surface area contributed by atoms with E-state index in [-0.39, 0.29) is 0 Å². The number of pyridine rings is 1. The van der Waals surface area contributed by atoms with Crippen molar-refractivity contribution in [1.82, 2.24) is 9.97 Å². The van der Waals surface area contributed by atoms with Gasteiger partial charge in [-0.2, -0.15) is 0 Å². The van der Waals surface area contributed by atoms with Crippen molar-refractivity contribution in [2.24, 2.45) is 0 Å². The lowest BCUT2D eigenvalue weighted by molar-refractivity contribution is 0.615. The Morgan fingerprint density at radius 2 is 2.21 bits per heavy atom. The normalized spacial score (nSPS) is 9.43. The van der Waals surface area contributed by atoms with E-state index in [1.807, 2.05) is 23.6 Å². The minimum atomic E-state index is 0.845. The number of thiazole rings is 1. The Hall–Kier alpha value is -1.68. The first kappa shape index (κ1) is 8.90. The van der Waals surface area contributed by atoms with E-state index in [2.05, 4.69) is 9.97 Å². The van der Waals surface area contributed by atoms with Gasteiger partial charge in [0.2, 0.25) is 0 Å². The molecule has 0 saturated heterocycles. The van der Waals surface area contributed by atoms with Crippen LogP contribution in [0.4, 0.5) is 0 Å². The molecule has 0 unspecified atom stereocenters. The molecule has 14 heavy (non-hydrogen) atoms. The van der Waals surface area contributed by atoms with E-state index in [4.69, 9.17) is 4.42 Å². The molecule has 0 fully saturated rings. The van der Waals surface area contributed by atoms with Gasteiger partial charge < -0.3 is 4.42 Å². The number of nitrogens with zero attached hydrogens (tertiary/aromatic N) is 2. The Morgan fingerprint density at radius 1 is 1.21 bits per heavy atom. The molecule has 0 aliphatic heterocycles. The van der Waals surface area contributed by atoms with E-state index in [9.17, 15) is 0 Å². The van der Waals surface area contributed by atoms with Crippen molar-refractivity contribution in [1.29, 1.82) is 0 Å². The molecule has 3 rings (SSSR count). The second-order valence-electron chi connectivity index (χ2n) is 2.48. The van der Waals surface area contributed by atoms with Crippen molar-refractivity contribution in [3.63, 3.8) is 0 Å². The minimum absolute atomic E-state index is 0.845. The highest BCUT2D eigenvalue weighted by atomic mass is 32.1. The highest BCUT2D eigenvalue weighted by molar-refractivity contribution is 7.07. The maximum absolute atomic E-state index is 5.06. The lowest BCUT2D eigenvalue weighted by Gasteiger charge is -1.80. The molecule has 0 saturated carbocycles. The van der Waals surface area contributed by atoms with Crippen molar-refractivity contribution in [3.05, 3.63) is 47.7 Å². The van der Waals surface area contributed by atoms with Crippen LogP contribution in [0.2, 0.25) is 0 Å². The molecule has 3 aromatic rings. The summed E-state index contributed by atoms with van der Waals surface area (Å²) in [5.74, 6) is 0. The third kappa shape index (κ3) is 2.17. The fourth-order valence-electron chi connectivity index (χ4n) is 0.975. The van der Waals surface area contributed by atoms with Gasteiger partial charge in [0.25, 0.3) is 0 Å². The summed E-state index contributed by atoms with van der Waals surface area (Å²) in [7, 11) is 0. The zero-order chi connectivity index (χ0) is 9.64. The number of furan rings is 1. The average molecular weight is 204 g/mol. The van der Waals surface area contributed by atoms with Gasteiger partial charge in [-0.25, -0.2) is 0 Å². The Kier molecular flexibility index (Phi) is 2.88. The van der Waals surface area contributed by atoms with Crippen LogP contribution in [0.3, 0.4) is 0 Å². The van der Waals surface area contributed by atoms with Crippen LogP contribution in [0.15, 0.2) is 52.2 Å². The molecule has 4 heteroatoms. The molecule has 0 bridgehead atoms. The van der Waals surface area contributed by atoms with Crippen LogP contribution in [0, 0.1) is 0 Å². The van der Waals surface area contributed by atoms with Crippen LogP contribution in [-0.2, 0) is 0 Å². The summed E-state index contributed by atoms with van der Waals surface area (Å²) in [5, 5.41) is 1.93. The highest BCUT2D eigenvalue weighted by Crippen LogP contribution is 2.09. The number of rotatable bonds is 0. The van der Waals surface area contributed by atoms with Gasteiger partial charge in [-0.3, -0.25) is 9.97 Å².